The number of carbonyl (C=O) groups excluding carboxylic acids is 1. The molecule has 128 valence electrons. The third-order valence-corrected chi connectivity index (χ3v) is 4.68. The van der Waals surface area contributed by atoms with Crippen molar-refractivity contribution >= 4 is 21.7 Å². The number of ether oxygens (including phenoxy) is 2. The van der Waals surface area contributed by atoms with E-state index in [9.17, 15) is 13.2 Å². The first kappa shape index (κ1) is 17.8. The van der Waals surface area contributed by atoms with Crippen LogP contribution in [-0.2, 0) is 14.8 Å². The van der Waals surface area contributed by atoms with Crippen LogP contribution in [0.4, 0.5) is 5.69 Å². The smallest absolute Gasteiger partial charge is 0.341 e. The predicted octanol–water partition coefficient (Wildman–Crippen LogP) is 1.81. The first-order valence-electron chi connectivity index (χ1n) is 6.96. The van der Waals surface area contributed by atoms with Crippen LogP contribution in [0, 0.1) is 0 Å². The summed E-state index contributed by atoms with van der Waals surface area (Å²) in [6.45, 7) is 0. The van der Waals surface area contributed by atoms with Gasteiger partial charge in [-0.2, -0.15) is 0 Å². The maximum absolute atomic E-state index is 12.5. The van der Waals surface area contributed by atoms with E-state index in [1.165, 1.54) is 37.4 Å². The summed E-state index contributed by atoms with van der Waals surface area (Å²) >= 11 is 0. The van der Waals surface area contributed by atoms with Gasteiger partial charge in [0, 0.05) is 7.05 Å². The number of methoxy groups -OCH3 is 2. The normalized spacial score (nSPS) is 11.0. The number of anilines is 1. The van der Waals surface area contributed by atoms with Gasteiger partial charge < -0.3 is 9.47 Å². The van der Waals surface area contributed by atoms with E-state index in [1.807, 2.05) is 6.07 Å². The summed E-state index contributed by atoms with van der Waals surface area (Å²) in [5.41, 5.74) is 0.702. The molecule has 7 nitrogen and oxygen atoms in total. The van der Waals surface area contributed by atoms with E-state index in [-0.39, 0.29) is 16.2 Å². The van der Waals surface area contributed by atoms with Crippen LogP contribution in [0.25, 0.3) is 0 Å². The van der Waals surface area contributed by atoms with Gasteiger partial charge in [-0.1, -0.05) is 18.2 Å². The van der Waals surface area contributed by atoms with E-state index in [2.05, 4.69) is 9.57 Å². The van der Waals surface area contributed by atoms with Gasteiger partial charge in [-0.25, -0.2) is 13.2 Å². The Morgan fingerprint density at radius 2 is 1.75 bits per heavy atom. The molecule has 0 unspecified atom stereocenters. The molecule has 8 heteroatoms. The molecule has 0 aromatic heterocycles. The van der Waals surface area contributed by atoms with Gasteiger partial charge in [0.1, 0.15) is 11.3 Å². The summed E-state index contributed by atoms with van der Waals surface area (Å²) in [5, 5.41) is 1.37. The number of hydrazine groups is 1. The van der Waals surface area contributed by atoms with Crippen molar-refractivity contribution in [1.82, 2.24) is 4.83 Å². The van der Waals surface area contributed by atoms with Crippen molar-refractivity contribution in [3.8, 4) is 5.75 Å². The van der Waals surface area contributed by atoms with Gasteiger partial charge in [0.05, 0.1) is 24.8 Å². The van der Waals surface area contributed by atoms with Gasteiger partial charge in [-0.3, -0.25) is 5.01 Å². The molecule has 0 amide bonds. The number of esters is 1. The lowest BCUT2D eigenvalue weighted by Gasteiger charge is -2.20. The second kappa shape index (κ2) is 7.33. The Labute approximate surface area is 140 Å². The van der Waals surface area contributed by atoms with E-state index in [1.54, 1.807) is 31.3 Å². The second-order valence-corrected chi connectivity index (χ2v) is 6.50. The minimum absolute atomic E-state index is 0.0326. The average Bonchev–Trinajstić information content (AvgIpc) is 2.60. The van der Waals surface area contributed by atoms with E-state index < -0.39 is 16.0 Å². The monoisotopic (exact) mass is 350 g/mol. The van der Waals surface area contributed by atoms with Crippen LogP contribution in [-0.4, -0.2) is 35.7 Å². The Balaban J connectivity index is 2.34. The standard InChI is InChI=1S/C16H18N2O5S/c1-18(12-7-5-4-6-8-12)17-24(20,21)13-9-10-15(22-2)14(11-13)16(19)23-3/h4-11,17H,1-3H3. The highest BCUT2D eigenvalue weighted by Gasteiger charge is 2.21. The molecule has 0 fully saturated rings. The fourth-order valence-electron chi connectivity index (χ4n) is 2.06. The molecule has 2 aromatic rings. The molecule has 0 atom stereocenters. The van der Waals surface area contributed by atoms with Gasteiger partial charge in [-0.15, -0.1) is 4.83 Å². The van der Waals surface area contributed by atoms with Crippen molar-refractivity contribution in [2.75, 3.05) is 26.3 Å². The minimum atomic E-state index is -3.88. The van der Waals surface area contributed by atoms with E-state index in [4.69, 9.17) is 4.74 Å². The summed E-state index contributed by atoms with van der Waals surface area (Å²) in [7, 11) is 0.296. The van der Waals surface area contributed by atoms with Gasteiger partial charge in [0.25, 0.3) is 10.0 Å². The summed E-state index contributed by atoms with van der Waals surface area (Å²) < 4.78 is 34.8. The third kappa shape index (κ3) is 3.84. The number of nitrogens with one attached hydrogen (secondary N) is 1. The topological polar surface area (TPSA) is 84.9 Å². The Hall–Kier alpha value is -2.58. The van der Waals surface area contributed by atoms with Crippen LogP contribution >= 0.6 is 0 Å². The molecule has 0 aliphatic heterocycles. The summed E-state index contributed by atoms with van der Waals surface area (Å²) in [4.78, 5) is 14.1. The minimum Gasteiger partial charge on any atom is -0.496 e. The number of sulfonamides is 1. The zero-order chi connectivity index (χ0) is 17.7. The molecule has 0 heterocycles. The molecule has 24 heavy (non-hydrogen) atoms. The predicted molar refractivity (Wildman–Crippen MR) is 89.5 cm³/mol. The number of hydrogen-bond acceptors (Lipinski definition) is 6. The molecule has 0 bridgehead atoms. The van der Waals surface area contributed by atoms with E-state index in [0.717, 1.165) is 0 Å². The van der Waals surface area contributed by atoms with Crippen LogP contribution in [0.3, 0.4) is 0 Å². The Bertz CT molecular complexity index is 822. The maximum atomic E-state index is 12.5. The summed E-state index contributed by atoms with van der Waals surface area (Å²) in [6, 6.07) is 12.9. The van der Waals surface area contributed by atoms with Crippen LogP contribution < -0.4 is 14.6 Å². The maximum Gasteiger partial charge on any atom is 0.341 e. The Kier molecular flexibility index (Phi) is 5.42. The van der Waals surface area contributed by atoms with Crippen LogP contribution in [0.2, 0.25) is 0 Å². The van der Waals surface area contributed by atoms with Crippen molar-refractivity contribution in [2.24, 2.45) is 0 Å². The van der Waals surface area contributed by atoms with Gasteiger partial charge in [-0.05, 0) is 30.3 Å². The zero-order valence-corrected chi connectivity index (χ0v) is 14.3. The largest absolute Gasteiger partial charge is 0.496 e. The molecule has 0 radical (unpaired) electrons. The first-order valence-corrected chi connectivity index (χ1v) is 8.45. The second-order valence-electron chi connectivity index (χ2n) is 4.84. The highest BCUT2D eigenvalue weighted by Crippen LogP contribution is 2.23. The molecule has 0 spiro atoms. The van der Waals surface area contributed by atoms with Crippen LogP contribution in [0.1, 0.15) is 10.4 Å². The lowest BCUT2D eigenvalue weighted by atomic mass is 10.2. The number of hydrogen-bond donors (Lipinski definition) is 1. The lowest BCUT2D eigenvalue weighted by molar-refractivity contribution is 0.0597. The van der Waals surface area contributed by atoms with Crippen LogP contribution in [0.5, 0.6) is 5.75 Å². The van der Waals surface area contributed by atoms with E-state index >= 15 is 0 Å². The number of carbonyl (C=O) groups is 1. The number of para-hydroxylation sites is 1. The molecular formula is C16H18N2O5S. The molecule has 0 aliphatic rings. The number of benzene rings is 2. The van der Waals surface area contributed by atoms with Gasteiger partial charge in [0.15, 0.2) is 0 Å². The van der Waals surface area contributed by atoms with Crippen LogP contribution in [0.15, 0.2) is 53.4 Å². The highest BCUT2D eigenvalue weighted by atomic mass is 32.2. The SMILES string of the molecule is COC(=O)c1cc(S(=O)(=O)NN(C)c2ccccc2)ccc1OC. The van der Waals surface area contributed by atoms with E-state index in [0.29, 0.717) is 5.69 Å². The Morgan fingerprint density at radius 3 is 2.33 bits per heavy atom. The fraction of sp³-hybridized carbons (Fsp3) is 0.188. The molecule has 1 N–H and O–H groups in total. The molecule has 0 aliphatic carbocycles. The fourth-order valence-corrected chi connectivity index (χ4v) is 3.15. The van der Waals surface area contributed by atoms with Crippen molar-refractivity contribution in [3.63, 3.8) is 0 Å². The molecular weight excluding hydrogens is 332 g/mol. The van der Waals surface area contributed by atoms with Crippen molar-refractivity contribution in [1.29, 1.82) is 0 Å². The number of rotatable bonds is 6. The summed E-state index contributed by atoms with van der Waals surface area (Å²) in [6.07, 6.45) is 0. The Morgan fingerprint density at radius 1 is 1.08 bits per heavy atom. The zero-order valence-electron chi connectivity index (χ0n) is 13.5. The third-order valence-electron chi connectivity index (χ3n) is 3.29. The average molecular weight is 350 g/mol. The number of nitrogens with zero attached hydrogens (tertiary/aromatic N) is 1. The molecule has 2 aromatic carbocycles. The van der Waals surface area contributed by atoms with Crippen molar-refractivity contribution in [2.45, 2.75) is 4.90 Å². The molecule has 2 rings (SSSR count). The summed E-state index contributed by atoms with van der Waals surface area (Å²) in [5.74, 6) is -0.447. The highest BCUT2D eigenvalue weighted by molar-refractivity contribution is 7.89. The van der Waals surface area contributed by atoms with Gasteiger partial charge in [0.2, 0.25) is 0 Å². The lowest BCUT2D eigenvalue weighted by Crippen LogP contribution is -2.39. The quantitative estimate of drug-likeness (QED) is 0.632. The first-order chi connectivity index (χ1) is 11.4. The van der Waals surface area contributed by atoms with Gasteiger partial charge >= 0.3 is 5.97 Å². The molecule has 0 saturated carbocycles. The molecule has 0 saturated heterocycles. The van der Waals surface area contributed by atoms with Crippen molar-refractivity contribution < 1.29 is 22.7 Å². The van der Waals surface area contributed by atoms with Crippen molar-refractivity contribution in [3.05, 3.63) is 54.1 Å².